The lowest BCUT2D eigenvalue weighted by Gasteiger charge is -2.20. The summed E-state index contributed by atoms with van der Waals surface area (Å²) in [5.74, 6) is -1.05. The van der Waals surface area contributed by atoms with Crippen LogP contribution in [0.5, 0.6) is 5.75 Å². The van der Waals surface area contributed by atoms with Crippen LogP contribution in [0.3, 0.4) is 0 Å². The predicted molar refractivity (Wildman–Crippen MR) is 105 cm³/mol. The van der Waals surface area contributed by atoms with Gasteiger partial charge in [0.15, 0.2) is 0 Å². The summed E-state index contributed by atoms with van der Waals surface area (Å²) in [6.07, 6.45) is 0. The Morgan fingerprint density at radius 2 is 1.54 bits per heavy atom. The second-order valence-electron chi connectivity index (χ2n) is 6.10. The van der Waals surface area contributed by atoms with Crippen molar-refractivity contribution < 1.29 is 22.3 Å². The van der Waals surface area contributed by atoms with E-state index in [1.807, 2.05) is 19.1 Å². The minimum Gasteiger partial charge on any atom is -0.423 e. The monoisotopic (exact) mass is 399 g/mol. The zero-order valence-corrected chi connectivity index (χ0v) is 16.1. The van der Waals surface area contributed by atoms with Crippen LogP contribution in [0.25, 0.3) is 0 Å². The number of carbonyl (C=O) groups is 1. The molecule has 0 saturated carbocycles. The number of ether oxygens (including phenoxy) is 1. The molecule has 0 radical (unpaired) electrons. The van der Waals surface area contributed by atoms with Crippen LogP contribution in [-0.2, 0) is 10.0 Å². The third-order valence-electron chi connectivity index (χ3n) is 4.25. The number of rotatable bonds is 5. The van der Waals surface area contributed by atoms with Crippen LogP contribution in [0.2, 0.25) is 0 Å². The van der Waals surface area contributed by atoms with Gasteiger partial charge in [0.25, 0.3) is 10.0 Å². The Bertz CT molecular complexity index is 1110. The summed E-state index contributed by atoms with van der Waals surface area (Å²) in [5, 5.41) is 0. The van der Waals surface area contributed by atoms with Gasteiger partial charge in [-0.05, 0) is 55.0 Å². The number of aryl methyl sites for hydroxylation is 1. The van der Waals surface area contributed by atoms with Crippen molar-refractivity contribution in [3.63, 3.8) is 0 Å². The summed E-state index contributed by atoms with van der Waals surface area (Å²) in [7, 11) is -2.73. The molecule has 144 valence electrons. The number of sulfonamides is 1. The summed E-state index contributed by atoms with van der Waals surface area (Å²) >= 11 is 0. The summed E-state index contributed by atoms with van der Waals surface area (Å²) in [6.45, 7) is 1.81. The molecule has 3 aromatic carbocycles. The largest absolute Gasteiger partial charge is 0.423 e. The number of nitrogens with zero attached hydrogens (tertiary/aromatic N) is 1. The van der Waals surface area contributed by atoms with Gasteiger partial charge in [0.05, 0.1) is 11.3 Å². The lowest BCUT2D eigenvalue weighted by Crippen LogP contribution is -2.27. The summed E-state index contributed by atoms with van der Waals surface area (Å²) < 4.78 is 45.5. The van der Waals surface area contributed by atoms with Crippen LogP contribution in [0.1, 0.15) is 15.9 Å². The predicted octanol–water partition coefficient (Wildman–Crippen LogP) is 4.18. The second kappa shape index (κ2) is 7.82. The fourth-order valence-electron chi connectivity index (χ4n) is 2.63. The Labute approximate surface area is 163 Å². The van der Waals surface area contributed by atoms with E-state index in [0.717, 1.165) is 15.9 Å². The molecule has 0 amide bonds. The van der Waals surface area contributed by atoms with E-state index >= 15 is 0 Å². The average molecular weight is 399 g/mol. The van der Waals surface area contributed by atoms with Gasteiger partial charge in [-0.15, -0.1) is 0 Å². The van der Waals surface area contributed by atoms with Crippen molar-refractivity contribution in [1.29, 1.82) is 0 Å². The Morgan fingerprint density at radius 3 is 2.18 bits per heavy atom. The van der Waals surface area contributed by atoms with Crippen LogP contribution in [-0.4, -0.2) is 21.4 Å². The molecule has 0 aliphatic rings. The number of carbonyl (C=O) groups excluding carboxylic acids is 1. The number of hydrogen-bond donors (Lipinski definition) is 0. The van der Waals surface area contributed by atoms with Gasteiger partial charge >= 0.3 is 5.97 Å². The minimum atomic E-state index is -4.06. The van der Waals surface area contributed by atoms with Crippen LogP contribution in [0.4, 0.5) is 10.1 Å². The van der Waals surface area contributed by atoms with Gasteiger partial charge in [-0.25, -0.2) is 17.6 Å². The van der Waals surface area contributed by atoms with Gasteiger partial charge in [-0.1, -0.05) is 30.3 Å². The third kappa shape index (κ3) is 3.89. The Hall–Kier alpha value is -3.19. The fraction of sp³-hybridized carbons (Fsp3) is 0.0952. The Morgan fingerprint density at radius 1 is 0.929 bits per heavy atom. The lowest BCUT2D eigenvalue weighted by atomic mass is 10.1. The van der Waals surface area contributed by atoms with E-state index < -0.39 is 26.7 Å². The van der Waals surface area contributed by atoms with Gasteiger partial charge in [0.1, 0.15) is 16.5 Å². The fourth-order valence-corrected chi connectivity index (χ4v) is 3.89. The maximum atomic E-state index is 13.9. The average Bonchev–Trinajstić information content (AvgIpc) is 2.68. The maximum Gasteiger partial charge on any atom is 0.343 e. The topological polar surface area (TPSA) is 63.7 Å². The first kappa shape index (κ1) is 19.6. The van der Waals surface area contributed by atoms with Crippen molar-refractivity contribution in [2.45, 2.75) is 11.8 Å². The second-order valence-corrected chi connectivity index (χ2v) is 8.04. The summed E-state index contributed by atoms with van der Waals surface area (Å²) in [4.78, 5) is 11.9. The van der Waals surface area contributed by atoms with Crippen molar-refractivity contribution >= 4 is 21.7 Å². The highest BCUT2D eigenvalue weighted by Crippen LogP contribution is 2.26. The molecular weight excluding hydrogens is 381 g/mol. The molecule has 7 heteroatoms. The Kier molecular flexibility index (Phi) is 5.46. The van der Waals surface area contributed by atoms with Crippen LogP contribution in [0, 0.1) is 12.7 Å². The van der Waals surface area contributed by atoms with Crippen molar-refractivity contribution in [2.75, 3.05) is 11.4 Å². The zero-order valence-electron chi connectivity index (χ0n) is 15.3. The van der Waals surface area contributed by atoms with Gasteiger partial charge < -0.3 is 4.74 Å². The molecule has 5 nitrogen and oxygen atoms in total. The number of anilines is 1. The van der Waals surface area contributed by atoms with Crippen molar-refractivity contribution in [2.24, 2.45) is 0 Å². The molecule has 0 atom stereocenters. The molecule has 0 fully saturated rings. The van der Waals surface area contributed by atoms with Crippen molar-refractivity contribution in [1.82, 2.24) is 0 Å². The highest BCUT2D eigenvalue weighted by atomic mass is 32.2. The van der Waals surface area contributed by atoms with E-state index in [-0.39, 0.29) is 5.75 Å². The molecule has 0 bridgehead atoms. The Balaban J connectivity index is 1.80. The van der Waals surface area contributed by atoms with E-state index in [2.05, 4.69) is 0 Å². The maximum absolute atomic E-state index is 13.9. The molecule has 0 heterocycles. The zero-order chi connectivity index (χ0) is 20.3. The van der Waals surface area contributed by atoms with Crippen LogP contribution in [0.15, 0.2) is 77.7 Å². The van der Waals surface area contributed by atoms with Gasteiger partial charge in [0.2, 0.25) is 0 Å². The SMILES string of the molecule is Cc1ccccc1C(=O)Oc1ccc(N(C)S(=O)(=O)c2ccccc2F)cc1. The first-order valence-corrected chi connectivity index (χ1v) is 9.86. The normalized spacial score (nSPS) is 11.1. The van der Waals surface area contributed by atoms with Crippen molar-refractivity contribution in [3.05, 3.63) is 89.7 Å². The summed E-state index contributed by atoms with van der Waals surface area (Å²) in [6, 6.07) is 18.2. The smallest absolute Gasteiger partial charge is 0.343 e. The van der Waals surface area contributed by atoms with Gasteiger partial charge in [-0.2, -0.15) is 0 Å². The first-order valence-electron chi connectivity index (χ1n) is 8.42. The molecule has 0 spiro atoms. The highest BCUT2D eigenvalue weighted by molar-refractivity contribution is 7.92. The number of hydrogen-bond acceptors (Lipinski definition) is 4. The first-order chi connectivity index (χ1) is 13.3. The van der Waals surface area contributed by atoms with Gasteiger partial charge in [-0.3, -0.25) is 4.31 Å². The standard InChI is InChI=1S/C21H18FNO4S/c1-15-7-3-4-8-18(15)21(24)27-17-13-11-16(12-14-17)23(2)28(25,26)20-10-6-5-9-19(20)22/h3-14H,1-2H3. The van der Waals surface area contributed by atoms with E-state index in [9.17, 15) is 17.6 Å². The highest BCUT2D eigenvalue weighted by Gasteiger charge is 2.24. The molecule has 0 N–H and O–H groups in total. The number of benzene rings is 3. The molecule has 0 saturated heterocycles. The van der Waals surface area contributed by atoms with E-state index in [1.165, 1.54) is 49.5 Å². The lowest BCUT2D eigenvalue weighted by molar-refractivity contribution is 0.0734. The van der Waals surface area contributed by atoms with Crippen LogP contribution >= 0.6 is 0 Å². The number of halogens is 1. The molecule has 0 aliphatic carbocycles. The van der Waals surface area contributed by atoms with E-state index in [4.69, 9.17) is 4.74 Å². The molecule has 3 rings (SSSR count). The summed E-state index contributed by atoms with van der Waals surface area (Å²) in [5.41, 5.74) is 1.55. The molecule has 0 aliphatic heterocycles. The quantitative estimate of drug-likeness (QED) is 0.477. The van der Waals surface area contributed by atoms with Crippen LogP contribution < -0.4 is 9.04 Å². The molecule has 0 aromatic heterocycles. The van der Waals surface area contributed by atoms with E-state index in [1.54, 1.807) is 12.1 Å². The third-order valence-corrected chi connectivity index (χ3v) is 6.07. The molecule has 28 heavy (non-hydrogen) atoms. The molecular formula is C21H18FNO4S. The number of esters is 1. The molecule has 3 aromatic rings. The van der Waals surface area contributed by atoms with E-state index in [0.29, 0.717) is 11.3 Å². The minimum absolute atomic E-state index is 0.272. The molecule has 0 unspecified atom stereocenters. The van der Waals surface area contributed by atoms with Crippen molar-refractivity contribution in [3.8, 4) is 5.75 Å². The van der Waals surface area contributed by atoms with Gasteiger partial charge in [0, 0.05) is 7.05 Å².